The van der Waals surface area contributed by atoms with Crippen LogP contribution in [0.5, 0.6) is 0 Å². The van der Waals surface area contributed by atoms with Crippen molar-refractivity contribution in [2.24, 2.45) is 11.8 Å². The number of hydrogen-bond acceptors (Lipinski definition) is 15. The quantitative estimate of drug-likeness (QED) is 0.0222. The second-order valence-corrected chi connectivity index (χ2v) is 23.8. The predicted molar refractivity (Wildman–Crippen MR) is 289 cm³/mol. The number of carbonyl (C=O) groups excluding carboxylic acids is 4. The van der Waals surface area contributed by atoms with Gasteiger partial charge in [-0.05, 0) is 37.5 Å². The first-order chi connectivity index (χ1) is 35.4. The van der Waals surface area contributed by atoms with Crippen molar-refractivity contribution in [3.63, 3.8) is 0 Å². The average molecular weight is 1100 g/mol. The number of hydrogen-bond donors (Lipinski definition) is 3. The summed E-state index contributed by atoms with van der Waals surface area (Å²) in [5, 5.41) is 10.4. The summed E-state index contributed by atoms with van der Waals surface area (Å²) in [6, 6.07) is 0. The van der Waals surface area contributed by atoms with Crippen molar-refractivity contribution in [1.82, 2.24) is 0 Å². The smallest absolute Gasteiger partial charge is 0.462 e. The monoisotopic (exact) mass is 1100 g/mol. The van der Waals surface area contributed by atoms with E-state index in [0.29, 0.717) is 31.6 Å². The molecule has 19 heteroatoms. The first-order valence-corrected chi connectivity index (χ1v) is 32.0. The normalized spacial score (nSPS) is 14.6. The van der Waals surface area contributed by atoms with Gasteiger partial charge in [-0.1, -0.05) is 208 Å². The zero-order chi connectivity index (χ0) is 55.1. The fourth-order valence-electron chi connectivity index (χ4n) is 7.94. The Kier molecular flexibility index (Phi) is 46.9. The van der Waals surface area contributed by atoms with Gasteiger partial charge < -0.3 is 33.8 Å². The van der Waals surface area contributed by atoms with Gasteiger partial charge in [-0.2, -0.15) is 0 Å². The van der Waals surface area contributed by atoms with Crippen LogP contribution in [-0.2, 0) is 65.4 Å². The molecule has 0 aliphatic rings. The number of phosphoric ester groups is 2. The molecule has 2 unspecified atom stereocenters. The SMILES string of the molecule is CCCCCCCC(=O)OC[C@H](COP(=O)(O)OC[C@H](O)COP(=O)(O)OC[C@@H](COC(=O)CCCCCCCCCC(C)C)OC(=O)CCCCCCCCCCCCCC(C)C)OC(=O)CCCCCCC. The van der Waals surface area contributed by atoms with Crippen molar-refractivity contribution in [2.75, 3.05) is 39.6 Å². The van der Waals surface area contributed by atoms with Gasteiger partial charge in [0, 0.05) is 25.7 Å². The van der Waals surface area contributed by atoms with E-state index in [0.717, 1.165) is 109 Å². The summed E-state index contributed by atoms with van der Waals surface area (Å²) in [5.41, 5.74) is 0. The van der Waals surface area contributed by atoms with E-state index >= 15 is 0 Å². The molecule has 0 heterocycles. The maximum atomic E-state index is 12.9. The third-order valence-corrected chi connectivity index (χ3v) is 14.4. The Hall–Kier alpha value is -1.94. The van der Waals surface area contributed by atoms with Crippen LogP contribution in [-0.4, -0.2) is 96.7 Å². The van der Waals surface area contributed by atoms with Crippen molar-refractivity contribution in [1.29, 1.82) is 0 Å². The van der Waals surface area contributed by atoms with E-state index in [1.165, 1.54) is 64.2 Å². The van der Waals surface area contributed by atoms with Crippen LogP contribution >= 0.6 is 15.6 Å². The fraction of sp³-hybridized carbons (Fsp3) is 0.927. The van der Waals surface area contributed by atoms with Gasteiger partial charge in [0.1, 0.15) is 19.3 Å². The van der Waals surface area contributed by atoms with Gasteiger partial charge in [0.05, 0.1) is 26.4 Å². The molecular weight excluding hydrogens is 995 g/mol. The number of ether oxygens (including phenoxy) is 4. The molecule has 0 aromatic heterocycles. The molecular formula is C55H106O17P2. The van der Waals surface area contributed by atoms with E-state index in [4.69, 9.17) is 37.0 Å². The van der Waals surface area contributed by atoms with E-state index in [1.54, 1.807) is 0 Å². The third-order valence-electron chi connectivity index (χ3n) is 12.5. The number of rotatable bonds is 54. The van der Waals surface area contributed by atoms with Gasteiger partial charge in [0.2, 0.25) is 0 Å². The number of esters is 4. The Labute approximate surface area is 447 Å². The van der Waals surface area contributed by atoms with Crippen molar-refractivity contribution >= 4 is 39.5 Å². The summed E-state index contributed by atoms with van der Waals surface area (Å²) >= 11 is 0. The molecule has 5 atom stereocenters. The summed E-state index contributed by atoms with van der Waals surface area (Å²) in [5.74, 6) is -0.699. The lowest BCUT2D eigenvalue weighted by molar-refractivity contribution is -0.161. The summed E-state index contributed by atoms with van der Waals surface area (Å²) in [6.07, 6.45) is 27.5. The standard InChI is InChI=1S/C55H106O17P2/c1-7-9-11-23-31-37-52(57)65-43-50(71-54(59)39-33-24-12-10-8-2)45-69-73(61,62)67-41-49(56)42-68-74(63,64)70-46-51(44-66-53(58)38-32-27-22-18-20-26-30-36-48(5)6)72-55(60)40-34-28-21-17-15-13-14-16-19-25-29-35-47(3)4/h47-51,56H,7-46H2,1-6H3,(H,61,62)(H,63,64)/t49-,50+,51+/m0/s1. The minimum absolute atomic E-state index is 0.0983. The number of aliphatic hydroxyl groups excluding tert-OH is 1. The zero-order valence-corrected chi connectivity index (χ0v) is 48.9. The van der Waals surface area contributed by atoms with Crippen molar-refractivity contribution < 1.29 is 80.2 Å². The molecule has 0 aliphatic carbocycles. The molecule has 0 fully saturated rings. The Bertz CT molecular complexity index is 1480. The van der Waals surface area contributed by atoms with E-state index in [9.17, 15) is 43.2 Å². The highest BCUT2D eigenvalue weighted by molar-refractivity contribution is 7.47. The first kappa shape index (κ1) is 72.1. The molecule has 0 saturated heterocycles. The fourth-order valence-corrected chi connectivity index (χ4v) is 9.52. The van der Waals surface area contributed by atoms with Gasteiger partial charge in [0.15, 0.2) is 12.2 Å². The molecule has 0 rings (SSSR count). The summed E-state index contributed by atoms with van der Waals surface area (Å²) in [4.78, 5) is 71.3. The molecule has 0 aromatic carbocycles. The van der Waals surface area contributed by atoms with Crippen molar-refractivity contribution in [3.05, 3.63) is 0 Å². The van der Waals surface area contributed by atoms with Gasteiger partial charge in [-0.3, -0.25) is 37.3 Å². The van der Waals surface area contributed by atoms with Crippen LogP contribution in [0, 0.1) is 11.8 Å². The van der Waals surface area contributed by atoms with Crippen LogP contribution < -0.4 is 0 Å². The maximum Gasteiger partial charge on any atom is 0.472 e. The van der Waals surface area contributed by atoms with Gasteiger partial charge >= 0.3 is 39.5 Å². The second kappa shape index (κ2) is 48.2. The lowest BCUT2D eigenvalue weighted by Crippen LogP contribution is -2.30. The van der Waals surface area contributed by atoms with Crippen LogP contribution in [0.25, 0.3) is 0 Å². The van der Waals surface area contributed by atoms with E-state index in [1.807, 2.05) is 0 Å². The van der Waals surface area contributed by atoms with Crippen LogP contribution in [0.15, 0.2) is 0 Å². The minimum Gasteiger partial charge on any atom is -0.462 e. The number of phosphoric acid groups is 2. The predicted octanol–water partition coefficient (Wildman–Crippen LogP) is 14.1. The molecule has 0 bridgehead atoms. The van der Waals surface area contributed by atoms with Gasteiger partial charge in [-0.25, -0.2) is 9.13 Å². The van der Waals surface area contributed by atoms with Crippen molar-refractivity contribution in [3.8, 4) is 0 Å². The third kappa shape index (κ3) is 49.6. The first-order valence-electron chi connectivity index (χ1n) is 29.0. The van der Waals surface area contributed by atoms with Crippen LogP contribution in [0.1, 0.15) is 260 Å². The van der Waals surface area contributed by atoms with Crippen molar-refractivity contribution in [2.45, 2.75) is 278 Å². The lowest BCUT2D eigenvalue weighted by Gasteiger charge is -2.21. The molecule has 438 valence electrons. The van der Waals surface area contributed by atoms with Gasteiger partial charge in [0.25, 0.3) is 0 Å². The Morgan fingerprint density at radius 1 is 0.365 bits per heavy atom. The molecule has 17 nitrogen and oxygen atoms in total. The van der Waals surface area contributed by atoms with E-state index in [-0.39, 0.29) is 25.7 Å². The number of carbonyl (C=O) groups is 4. The molecule has 0 aliphatic heterocycles. The Balaban J connectivity index is 5.14. The van der Waals surface area contributed by atoms with E-state index < -0.39 is 97.5 Å². The highest BCUT2D eigenvalue weighted by atomic mass is 31.2. The van der Waals surface area contributed by atoms with Crippen LogP contribution in [0.2, 0.25) is 0 Å². The Morgan fingerprint density at radius 2 is 0.622 bits per heavy atom. The molecule has 3 N–H and O–H groups in total. The molecule has 0 spiro atoms. The largest absolute Gasteiger partial charge is 0.472 e. The number of aliphatic hydroxyl groups is 1. The topological polar surface area (TPSA) is 237 Å². The molecule has 0 radical (unpaired) electrons. The average Bonchev–Trinajstić information content (AvgIpc) is 3.35. The highest BCUT2D eigenvalue weighted by Crippen LogP contribution is 2.45. The Morgan fingerprint density at radius 3 is 0.919 bits per heavy atom. The second-order valence-electron chi connectivity index (χ2n) is 20.9. The summed E-state index contributed by atoms with van der Waals surface area (Å²) < 4.78 is 67.2. The van der Waals surface area contributed by atoms with Gasteiger partial charge in [-0.15, -0.1) is 0 Å². The maximum absolute atomic E-state index is 12.9. The summed E-state index contributed by atoms with van der Waals surface area (Å²) in [6.45, 7) is 9.18. The van der Waals surface area contributed by atoms with Crippen LogP contribution in [0.3, 0.4) is 0 Å². The molecule has 0 aromatic rings. The minimum atomic E-state index is -4.93. The zero-order valence-electron chi connectivity index (χ0n) is 47.1. The number of unbranched alkanes of at least 4 members (excludes halogenated alkanes) is 24. The molecule has 74 heavy (non-hydrogen) atoms. The highest BCUT2D eigenvalue weighted by Gasteiger charge is 2.30. The molecule has 0 amide bonds. The summed E-state index contributed by atoms with van der Waals surface area (Å²) in [7, 11) is -9.85. The lowest BCUT2D eigenvalue weighted by atomic mass is 10.0. The molecule has 0 saturated carbocycles. The van der Waals surface area contributed by atoms with Crippen LogP contribution in [0.4, 0.5) is 0 Å². The van der Waals surface area contributed by atoms with E-state index in [2.05, 4.69) is 41.5 Å².